The largest absolute Gasteiger partial charge is 0.385 e. The lowest BCUT2D eigenvalue weighted by atomic mass is 9.81. The Morgan fingerprint density at radius 1 is 1.06 bits per heavy atom. The van der Waals surface area contributed by atoms with Crippen LogP contribution < -0.4 is 0 Å². The lowest BCUT2D eigenvalue weighted by Crippen LogP contribution is -2.30. The van der Waals surface area contributed by atoms with E-state index in [4.69, 9.17) is 0 Å². The van der Waals surface area contributed by atoms with Crippen LogP contribution in [0.1, 0.15) is 44.1 Å². The van der Waals surface area contributed by atoms with Crippen molar-refractivity contribution in [3.05, 3.63) is 35.9 Å². The van der Waals surface area contributed by atoms with Gasteiger partial charge in [-0.3, -0.25) is 0 Å². The maximum absolute atomic E-state index is 11.0. The fourth-order valence-corrected chi connectivity index (χ4v) is 3.40. The lowest BCUT2D eigenvalue weighted by molar-refractivity contribution is -0.00709. The predicted octanol–water partition coefficient (Wildman–Crippen LogP) is 3.47. The van der Waals surface area contributed by atoms with E-state index in [1.807, 2.05) is 18.2 Å². The molecular weight excluding hydrogens is 196 g/mol. The van der Waals surface area contributed by atoms with Crippen molar-refractivity contribution in [2.24, 2.45) is 11.8 Å². The van der Waals surface area contributed by atoms with Crippen LogP contribution in [0.5, 0.6) is 0 Å². The summed E-state index contributed by atoms with van der Waals surface area (Å²) in [5, 5.41) is 11.0. The number of fused-ring (bicyclic) bond motifs is 1. The van der Waals surface area contributed by atoms with Gasteiger partial charge in [0.05, 0.1) is 5.60 Å². The fraction of sp³-hybridized carbons (Fsp3) is 0.600. The molecule has 1 heteroatoms. The van der Waals surface area contributed by atoms with Crippen molar-refractivity contribution >= 4 is 0 Å². The summed E-state index contributed by atoms with van der Waals surface area (Å²) < 4.78 is 0. The molecule has 1 aromatic carbocycles. The van der Waals surface area contributed by atoms with Crippen LogP contribution in [0.3, 0.4) is 0 Å². The first-order valence-corrected chi connectivity index (χ1v) is 6.58. The molecule has 2 aliphatic rings. The first-order chi connectivity index (χ1) is 7.81. The van der Waals surface area contributed by atoms with Crippen LogP contribution in [0.25, 0.3) is 0 Å². The molecule has 0 heterocycles. The number of hydrogen-bond donors (Lipinski definition) is 1. The molecule has 0 unspecified atom stereocenters. The van der Waals surface area contributed by atoms with Gasteiger partial charge in [0.1, 0.15) is 0 Å². The lowest BCUT2D eigenvalue weighted by Gasteiger charge is -2.31. The highest BCUT2D eigenvalue weighted by atomic mass is 16.3. The van der Waals surface area contributed by atoms with Crippen LogP contribution in [-0.4, -0.2) is 5.11 Å². The minimum atomic E-state index is -0.521. The molecule has 0 saturated heterocycles. The van der Waals surface area contributed by atoms with Crippen molar-refractivity contribution in [3.63, 3.8) is 0 Å². The second-order valence-electron chi connectivity index (χ2n) is 5.49. The van der Waals surface area contributed by atoms with Crippen LogP contribution >= 0.6 is 0 Å². The molecule has 1 N–H and O–H groups in total. The number of aliphatic hydroxyl groups is 1. The zero-order chi connectivity index (χ0) is 11.0. The van der Waals surface area contributed by atoms with E-state index in [-0.39, 0.29) is 0 Å². The highest BCUT2D eigenvalue weighted by molar-refractivity contribution is 5.26. The Morgan fingerprint density at radius 3 is 2.69 bits per heavy atom. The molecule has 0 amide bonds. The van der Waals surface area contributed by atoms with Crippen LogP contribution in [-0.2, 0) is 5.60 Å². The van der Waals surface area contributed by atoms with Gasteiger partial charge in [-0.25, -0.2) is 0 Å². The average Bonchev–Trinajstić information content (AvgIpc) is 3.07. The summed E-state index contributed by atoms with van der Waals surface area (Å²) in [4.78, 5) is 0. The van der Waals surface area contributed by atoms with Gasteiger partial charge < -0.3 is 5.11 Å². The first-order valence-electron chi connectivity index (χ1n) is 6.58. The van der Waals surface area contributed by atoms with E-state index in [1.165, 1.54) is 32.1 Å². The van der Waals surface area contributed by atoms with Gasteiger partial charge in [0.25, 0.3) is 0 Å². The summed E-state index contributed by atoms with van der Waals surface area (Å²) >= 11 is 0. The SMILES string of the molecule is O[C@@]1(c2ccccc2)CCCCC[C@H]2C[C@H]21. The molecule has 2 fully saturated rings. The summed E-state index contributed by atoms with van der Waals surface area (Å²) in [7, 11) is 0. The number of hydrogen-bond acceptors (Lipinski definition) is 1. The van der Waals surface area contributed by atoms with E-state index in [0.717, 1.165) is 17.9 Å². The van der Waals surface area contributed by atoms with Gasteiger partial charge in [-0.1, -0.05) is 56.0 Å². The van der Waals surface area contributed by atoms with Crippen molar-refractivity contribution in [1.29, 1.82) is 0 Å². The molecule has 0 bridgehead atoms. The van der Waals surface area contributed by atoms with Gasteiger partial charge in [0.15, 0.2) is 0 Å². The van der Waals surface area contributed by atoms with Crippen LogP contribution in [0, 0.1) is 11.8 Å². The van der Waals surface area contributed by atoms with Crippen LogP contribution in [0.4, 0.5) is 0 Å². The third-order valence-electron chi connectivity index (χ3n) is 4.44. The van der Waals surface area contributed by atoms with E-state index in [1.54, 1.807) is 0 Å². The Kier molecular flexibility index (Phi) is 2.51. The maximum Gasteiger partial charge on any atom is 0.0927 e. The van der Waals surface area contributed by atoms with Crippen molar-refractivity contribution < 1.29 is 5.11 Å². The van der Waals surface area contributed by atoms with E-state index in [0.29, 0.717) is 5.92 Å². The van der Waals surface area contributed by atoms with Gasteiger partial charge in [-0.2, -0.15) is 0 Å². The summed E-state index contributed by atoms with van der Waals surface area (Å²) in [6.45, 7) is 0. The summed E-state index contributed by atoms with van der Waals surface area (Å²) in [5.74, 6) is 1.33. The van der Waals surface area contributed by atoms with Gasteiger partial charge in [-0.15, -0.1) is 0 Å². The predicted molar refractivity (Wildman–Crippen MR) is 65.0 cm³/mol. The summed E-state index contributed by atoms with van der Waals surface area (Å²) in [5.41, 5.74) is 0.621. The van der Waals surface area contributed by atoms with Crippen molar-refractivity contribution in [1.82, 2.24) is 0 Å². The van der Waals surface area contributed by atoms with Gasteiger partial charge in [0, 0.05) is 0 Å². The standard InChI is InChI=1S/C15H20O/c16-15(13-8-4-1-5-9-13)10-6-2-3-7-12-11-14(12)15/h1,4-5,8-9,12,14,16H,2-3,6-7,10-11H2/t12-,14+,15+/m0/s1. The third-order valence-corrected chi connectivity index (χ3v) is 4.44. The molecule has 3 rings (SSSR count). The molecule has 86 valence electrons. The number of rotatable bonds is 1. The quantitative estimate of drug-likeness (QED) is 0.762. The molecule has 3 atom stereocenters. The molecule has 2 saturated carbocycles. The van der Waals surface area contributed by atoms with Crippen molar-refractivity contribution in [2.75, 3.05) is 0 Å². The molecule has 16 heavy (non-hydrogen) atoms. The smallest absolute Gasteiger partial charge is 0.0927 e. The van der Waals surface area contributed by atoms with Gasteiger partial charge in [0.2, 0.25) is 0 Å². The molecule has 0 radical (unpaired) electrons. The van der Waals surface area contributed by atoms with E-state index in [9.17, 15) is 5.11 Å². The third kappa shape index (κ3) is 1.67. The van der Waals surface area contributed by atoms with Gasteiger partial charge in [-0.05, 0) is 30.2 Å². The zero-order valence-corrected chi connectivity index (χ0v) is 9.73. The van der Waals surface area contributed by atoms with E-state index >= 15 is 0 Å². The van der Waals surface area contributed by atoms with Crippen LogP contribution in [0.15, 0.2) is 30.3 Å². The van der Waals surface area contributed by atoms with E-state index < -0.39 is 5.60 Å². The Morgan fingerprint density at radius 2 is 1.88 bits per heavy atom. The summed E-state index contributed by atoms with van der Waals surface area (Å²) in [6.07, 6.45) is 7.36. The molecule has 2 aliphatic carbocycles. The topological polar surface area (TPSA) is 20.2 Å². The Balaban J connectivity index is 1.90. The van der Waals surface area contributed by atoms with Crippen LogP contribution in [0.2, 0.25) is 0 Å². The maximum atomic E-state index is 11.0. The molecule has 0 aromatic heterocycles. The Bertz CT molecular complexity index is 359. The normalized spacial score (nSPS) is 38.3. The second kappa shape index (κ2) is 3.89. The molecule has 0 spiro atoms. The van der Waals surface area contributed by atoms with Crippen molar-refractivity contribution in [2.45, 2.75) is 44.1 Å². The minimum absolute atomic E-state index is 0.521. The average molecular weight is 216 g/mol. The Hall–Kier alpha value is -0.820. The van der Waals surface area contributed by atoms with Crippen molar-refractivity contribution in [3.8, 4) is 0 Å². The zero-order valence-electron chi connectivity index (χ0n) is 9.73. The summed E-state index contributed by atoms with van der Waals surface area (Å²) in [6, 6.07) is 10.3. The second-order valence-corrected chi connectivity index (χ2v) is 5.49. The van der Waals surface area contributed by atoms with E-state index in [2.05, 4.69) is 12.1 Å². The molecule has 1 aromatic rings. The fourth-order valence-electron chi connectivity index (χ4n) is 3.40. The highest BCUT2D eigenvalue weighted by Gasteiger charge is 2.52. The Labute approximate surface area is 97.5 Å². The highest BCUT2D eigenvalue weighted by Crippen LogP contribution is 2.56. The number of benzene rings is 1. The molecular formula is C15H20O. The van der Waals surface area contributed by atoms with Gasteiger partial charge >= 0.3 is 0 Å². The minimum Gasteiger partial charge on any atom is -0.385 e. The monoisotopic (exact) mass is 216 g/mol. The first kappa shape index (κ1) is 10.3. The molecule has 1 nitrogen and oxygen atoms in total. The molecule has 0 aliphatic heterocycles.